The number of piperidine rings is 1. The molecule has 3 rings (SSSR count). The number of hydrogen-bond acceptors (Lipinski definition) is 4. The van der Waals surface area contributed by atoms with E-state index in [2.05, 4.69) is 0 Å². The first kappa shape index (κ1) is 15.4. The fourth-order valence-electron chi connectivity index (χ4n) is 3.43. The van der Waals surface area contributed by atoms with Gasteiger partial charge in [0.2, 0.25) is 10.0 Å². The number of rotatable bonds is 2. The summed E-state index contributed by atoms with van der Waals surface area (Å²) in [7, 11) is -3.80. The Labute approximate surface area is 133 Å². The number of benzene rings is 1. The Hall–Kier alpha value is -0.530. The van der Waals surface area contributed by atoms with Crippen molar-refractivity contribution in [3.63, 3.8) is 0 Å². The molecule has 1 aromatic rings. The van der Waals surface area contributed by atoms with Crippen LogP contribution in [0.3, 0.4) is 0 Å². The average molecular weight is 351 g/mol. The van der Waals surface area contributed by atoms with Gasteiger partial charge in [0, 0.05) is 17.8 Å². The summed E-state index contributed by atoms with van der Waals surface area (Å²) < 4.78 is 27.4. The lowest BCUT2D eigenvalue weighted by molar-refractivity contribution is 0.0769. The molecule has 0 spiro atoms. The molecule has 2 unspecified atom stereocenters. The van der Waals surface area contributed by atoms with E-state index in [9.17, 15) is 13.5 Å². The SMILES string of the molecule is Nc1cc(Cl)c(S(=O)(=O)N2C3CCC2CC(O)C3)c(Cl)c1. The molecule has 2 fully saturated rings. The van der Waals surface area contributed by atoms with Gasteiger partial charge in [0.25, 0.3) is 0 Å². The van der Waals surface area contributed by atoms with Crippen molar-refractivity contribution in [3.05, 3.63) is 22.2 Å². The highest BCUT2D eigenvalue weighted by atomic mass is 35.5. The molecule has 5 nitrogen and oxygen atoms in total. The van der Waals surface area contributed by atoms with Gasteiger partial charge in [-0.05, 0) is 37.8 Å². The molecule has 21 heavy (non-hydrogen) atoms. The third kappa shape index (κ3) is 2.53. The molecule has 2 heterocycles. The Morgan fingerprint density at radius 1 is 1.14 bits per heavy atom. The fraction of sp³-hybridized carbons (Fsp3) is 0.538. The zero-order valence-electron chi connectivity index (χ0n) is 11.2. The molecule has 0 aliphatic carbocycles. The summed E-state index contributed by atoms with van der Waals surface area (Å²) in [5.74, 6) is 0. The summed E-state index contributed by atoms with van der Waals surface area (Å²) in [6, 6.07) is 2.41. The molecular formula is C13H16Cl2N2O3S. The third-order valence-corrected chi connectivity index (χ3v) is 7.12. The van der Waals surface area contributed by atoms with Crippen molar-refractivity contribution in [2.75, 3.05) is 5.73 Å². The van der Waals surface area contributed by atoms with Crippen LogP contribution in [-0.4, -0.2) is 36.0 Å². The predicted molar refractivity (Wildman–Crippen MR) is 82.0 cm³/mol. The van der Waals surface area contributed by atoms with E-state index in [1.54, 1.807) is 0 Å². The van der Waals surface area contributed by atoms with Crippen LogP contribution in [0.25, 0.3) is 0 Å². The van der Waals surface area contributed by atoms with E-state index in [1.807, 2.05) is 0 Å². The summed E-state index contributed by atoms with van der Waals surface area (Å²) in [6.45, 7) is 0. The highest BCUT2D eigenvalue weighted by Gasteiger charge is 2.47. The molecule has 2 saturated heterocycles. The lowest BCUT2D eigenvalue weighted by Gasteiger charge is -2.36. The summed E-state index contributed by atoms with van der Waals surface area (Å²) in [5, 5.41) is 9.87. The molecule has 2 atom stereocenters. The van der Waals surface area contributed by atoms with Crippen LogP contribution < -0.4 is 5.73 Å². The van der Waals surface area contributed by atoms with Crippen LogP contribution in [0.1, 0.15) is 25.7 Å². The summed E-state index contributed by atoms with van der Waals surface area (Å²) >= 11 is 12.1. The van der Waals surface area contributed by atoms with E-state index in [0.717, 1.165) is 12.8 Å². The molecule has 0 amide bonds. The second-order valence-electron chi connectivity index (χ2n) is 5.66. The minimum Gasteiger partial charge on any atom is -0.399 e. The first-order chi connectivity index (χ1) is 9.80. The topological polar surface area (TPSA) is 83.6 Å². The number of anilines is 1. The lowest BCUT2D eigenvalue weighted by Crippen LogP contribution is -2.47. The smallest absolute Gasteiger partial charge is 0.246 e. The zero-order valence-corrected chi connectivity index (χ0v) is 13.5. The van der Waals surface area contributed by atoms with Crippen molar-refractivity contribution in [2.24, 2.45) is 0 Å². The minimum absolute atomic E-state index is 0.0329. The van der Waals surface area contributed by atoms with Crippen molar-refractivity contribution in [1.82, 2.24) is 4.31 Å². The number of nitrogens with zero attached hydrogens (tertiary/aromatic N) is 1. The molecule has 116 valence electrons. The molecule has 0 saturated carbocycles. The van der Waals surface area contributed by atoms with Crippen LogP contribution in [0.15, 0.2) is 17.0 Å². The van der Waals surface area contributed by atoms with Crippen molar-refractivity contribution < 1.29 is 13.5 Å². The first-order valence-corrected chi connectivity index (χ1v) is 8.96. The molecule has 1 aromatic carbocycles. The number of nitrogen functional groups attached to an aromatic ring is 1. The molecular weight excluding hydrogens is 335 g/mol. The number of fused-ring (bicyclic) bond motifs is 2. The monoisotopic (exact) mass is 350 g/mol. The Balaban J connectivity index is 2.06. The Morgan fingerprint density at radius 3 is 2.10 bits per heavy atom. The zero-order chi connectivity index (χ0) is 15.4. The number of halogens is 2. The van der Waals surface area contributed by atoms with Gasteiger partial charge in [0.05, 0.1) is 16.1 Å². The fourth-order valence-corrected chi connectivity index (χ4v) is 6.51. The van der Waals surface area contributed by atoms with Crippen molar-refractivity contribution in [1.29, 1.82) is 0 Å². The van der Waals surface area contributed by atoms with Gasteiger partial charge in [-0.15, -0.1) is 0 Å². The predicted octanol–water partition coefficient (Wildman–Crippen LogP) is 2.25. The van der Waals surface area contributed by atoms with E-state index in [-0.39, 0.29) is 27.0 Å². The summed E-state index contributed by atoms with van der Waals surface area (Å²) in [6.07, 6.45) is 1.99. The lowest BCUT2D eigenvalue weighted by atomic mass is 10.0. The van der Waals surface area contributed by atoms with Crippen LogP contribution >= 0.6 is 23.2 Å². The Bertz CT molecular complexity index is 643. The maximum atomic E-state index is 12.9. The number of nitrogens with two attached hydrogens (primary N) is 1. The van der Waals surface area contributed by atoms with E-state index in [0.29, 0.717) is 18.5 Å². The average Bonchev–Trinajstić information content (AvgIpc) is 2.61. The van der Waals surface area contributed by atoms with E-state index < -0.39 is 16.1 Å². The van der Waals surface area contributed by atoms with Gasteiger partial charge >= 0.3 is 0 Å². The van der Waals surface area contributed by atoms with Gasteiger partial charge < -0.3 is 10.8 Å². The standard InChI is InChI=1S/C13H16Cl2N2O3S/c14-11-3-7(16)4-12(15)13(11)21(19,20)17-8-1-2-9(17)6-10(18)5-8/h3-4,8-10,18H,1-2,5-6,16H2. The first-order valence-electron chi connectivity index (χ1n) is 6.77. The normalized spacial score (nSPS) is 29.8. The maximum absolute atomic E-state index is 12.9. The Morgan fingerprint density at radius 2 is 1.62 bits per heavy atom. The minimum atomic E-state index is -3.80. The second-order valence-corrected chi connectivity index (χ2v) is 8.25. The maximum Gasteiger partial charge on any atom is 0.246 e. The van der Waals surface area contributed by atoms with Gasteiger partial charge in [-0.3, -0.25) is 0 Å². The van der Waals surface area contributed by atoms with Crippen LogP contribution in [0.4, 0.5) is 5.69 Å². The van der Waals surface area contributed by atoms with Gasteiger partial charge in [-0.25, -0.2) is 8.42 Å². The second kappa shape index (κ2) is 5.28. The number of aliphatic hydroxyl groups excluding tert-OH is 1. The van der Waals surface area contributed by atoms with E-state index in [1.165, 1.54) is 16.4 Å². The molecule has 0 radical (unpaired) electrons. The van der Waals surface area contributed by atoms with Crippen molar-refractivity contribution in [2.45, 2.75) is 48.8 Å². The molecule has 3 N–H and O–H groups in total. The van der Waals surface area contributed by atoms with Gasteiger partial charge in [0.15, 0.2) is 0 Å². The van der Waals surface area contributed by atoms with Crippen molar-refractivity contribution in [3.8, 4) is 0 Å². The highest BCUT2D eigenvalue weighted by molar-refractivity contribution is 7.89. The van der Waals surface area contributed by atoms with Gasteiger partial charge in [0.1, 0.15) is 4.90 Å². The molecule has 2 bridgehead atoms. The summed E-state index contributed by atoms with van der Waals surface area (Å²) in [4.78, 5) is -0.0895. The largest absolute Gasteiger partial charge is 0.399 e. The van der Waals surface area contributed by atoms with Crippen LogP contribution in [0.5, 0.6) is 0 Å². The van der Waals surface area contributed by atoms with Crippen LogP contribution in [0, 0.1) is 0 Å². The molecule has 2 aliphatic heterocycles. The quantitative estimate of drug-likeness (QED) is 0.801. The van der Waals surface area contributed by atoms with E-state index >= 15 is 0 Å². The van der Waals surface area contributed by atoms with Crippen LogP contribution in [-0.2, 0) is 10.0 Å². The number of aliphatic hydroxyl groups is 1. The van der Waals surface area contributed by atoms with E-state index in [4.69, 9.17) is 28.9 Å². The Kier molecular flexibility index (Phi) is 3.86. The number of hydrogen-bond donors (Lipinski definition) is 2. The molecule has 8 heteroatoms. The van der Waals surface area contributed by atoms with Crippen molar-refractivity contribution >= 4 is 38.9 Å². The molecule has 0 aromatic heterocycles. The van der Waals surface area contributed by atoms with Gasteiger partial charge in [-0.2, -0.15) is 4.31 Å². The van der Waals surface area contributed by atoms with Gasteiger partial charge in [-0.1, -0.05) is 23.2 Å². The third-order valence-electron chi connectivity index (χ3n) is 4.20. The number of sulfonamides is 1. The van der Waals surface area contributed by atoms with Crippen LogP contribution in [0.2, 0.25) is 10.0 Å². The highest BCUT2D eigenvalue weighted by Crippen LogP contribution is 2.43. The summed E-state index contributed by atoms with van der Waals surface area (Å²) in [5.41, 5.74) is 5.95. The molecule has 2 aliphatic rings.